The van der Waals surface area contributed by atoms with Crippen LogP contribution in [-0.4, -0.2) is 7.11 Å². The lowest BCUT2D eigenvalue weighted by molar-refractivity contribution is 0.413. The maximum absolute atomic E-state index is 5.61. The summed E-state index contributed by atoms with van der Waals surface area (Å²) in [6.45, 7) is 9.59. The van der Waals surface area contributed by atoms with Crippen LogP contribution in [0.3, 0.4) is 0 Å². The number of ether oxygens (including phenoxy) is 1. The quantitative estimate of drug-likeness (QED) is 0.250. The van der Waals surface area contributed by atoms with Gasteiger partial charge in [0.25, 0.3) is 0 Å². The van der Waals surface area contributed by atoms with Crippen LogP contribution in [0.25, 0.3) is 27.8 Å². The van der Waals surface area contributed by atoms with Crippen molar-refractivity contribution < 1.29 is 4.74 Å². The minimum atomic E-state index is -0.0754. The van der Waals surface area contributed by atoms with Crippen LogP contribution in [-0.2, 0) is 10.8 Å². The highest BCUT2D eigenvalue weighted by molar-refractivity contribution is 5.91. The normalized spacial score (nSPS) is 26.6. The predicted octanol–water partition coefficient (Wildman–Crippen LogP) is 12.7. The fraction of sp³-hybridized carbons (Fsp3) is 0.294. The Labute approximate surface area is 309 Å². The third kappa shape index (κ3) is 4.81. The maximum atomic E-state index is 5.61. The molecule has 0 saturated heterocycles. The van der Waals surface area contributed by atoms with Gasteiger partial charge in [0.05, 0.1) is 7.11 Å². The van der Waals surface area contributed by atoms with Crippen molar-refractivity contribution in [1.29, 1.82) is 0 Å². The van der Waals surface area contributed by atoms with E-state index in [0.717, 1.165) is 18.6 Å². The van der Waals surface area contributed by atoms with E-state index in [1.807, 2.05) is 0 Å². The van der Waals surface area contributed by atoms with Gasteiger partial charge in [-0.1, -0.05) is 131 Å². The monoisotopic (exact) mass is 676 g/mol. The lowest BCUT2D eigenvalue weighted by Gasteiger charge is -2.29. The zero-order chi connectivity index (χ0) is 35.4. The molecule has 0 spiro atoms. The summed E-state index contributed by atoms with van der Waals surface area (Å²) in [7, 11) is 1.76. The van der Waals surface area contributed by atoms with Crippen molar-refractivity contribution in [3.8, 4) is 16.9 Å². The molecule has 3 aromatic rings. The summed E-state index contributed by atoms with van der Waals surface area (Å²) in [4.78, 5) is 0. The van der Waals surface area contributed by atoms with Crippen molar-refractivity contribution in [1.82, 2.24) is 0 Å². The molecule has 7 aliphatic rings. The fourth-order valence-electron chi connectivity index (χ4n) is 10.4. The molecule has 0 aromatic heterocycles. The molecule has 0 radical (unpaired) electrons. The summed E-state index contributed by atoms with van der Waals surface area (Å²) in [5, 5.41) is 0. The molecule has 10 rings (SSSR count). The molecule has 258 valence electrons. The molecule has 0 fully saturated rings. The minimum absolute atomic E-state index is 0.0389. The molecule has 1 heteroatoms. The molecule has 1 nitrogen and oxygen atoms in total. The summed E-state index contributed by atoms with van der Waals surface area (Å²) >= 11 is 0. The van der Waals surface area contributed by atoms with E-state index in [-0.39, 0.29) is 10.8 Å². The van der Waals surface area contributed by atoms with E-state index in [0.29, 0.717) is 23.7 Å². The molecule has 0 bridgehead atoms. The van der Waals surface area contributed by atoms with Crippen molar-refractivity contribution in [3.05, 3.63) is 178 Å². The van der Waals surface area contributed by atoms with E-state index in [2.05, 4.69) is 155 Å². The Morgan fingerprint density at radius 3 is 2.00 bits per heavy atom. The van der Waals surface area contributed by atoms with Crippen LogP contribution in [0.5, 0.6) is 5.75 Å². The highest BCUT2D eigenvalue weighted by Gasteiger charge is 2.40. The first kappa shape index (κ1) is 31.8. The second kappa shape index (κ2) is 11.6. The SMILES string of the molecule is COc1ccc2c(c1)C(C)(C)C1=C2CCC(c2ccc3c(c2)C(C)(C)c2cc(C4=CC5C=CC(C6=CC7CCC=CC7C=C6)=CC5C=C4)ccc2-3)=C1. The number of rotatable bonds is 4. The van der Waals surface area contributed by atoms with Crippen molar-refractivity contribution >= 4 is 16.7 Å². The Balaban J connectivity index is 0.911. The molecule has 0 aliphatic heterocycles. The van der Waals surface area contributed by atoms with Crippen molar-refractivity contribution in [2.75, 3.05) is 7.11 Å². The summed E-state index contributed by atoms with van der Waals surface area (Å²) < 4.78 is 5.61. The highest BCUT2D eigenvalue weighted by Crippen LogP contribution is 2.54. The van der Waals surface area contributed by atoms with Crippen LogP contribution in [0.4, 0.5) is 0 Å². The summed E-state index contributed by atoms with van der Waals surface area (Å²) in [6.07, 6.45) is 33.7. The standard InChI is InChI=1S/C51H48O/c1-50(2)46-27-38(37-15-14-35-25-34(12-13-36(35)26-37)33-11-10-31-8-6-7-9-32(31)24-33)16-20-42(46)43-21-17-39(28-47(43)50)40-18-22-44-45-23-19-41(52-5)30-49(45)51(3,4)48(44)29-40/h6,8,10-17,19-21,23-32,35-36H,7,9,18,22H2,1-5H3. The molecule has 7 aliphatic carbocycles. The zero-order valence-corrected chi connectivity index (χ0v) is 31.2. The molecule has 3 aromatic carbocycles. The molecule has 4 unspecified atom stereocenters. The average Bonchev–Trinajstić information content (AvgIpc) is 3.55. The van der Waals surface area contributed by atoms with Crippen LogP contribution in [0.1, 0.15) is 86.8 Å². The fourth-order valence-corrected chi connectivity index (χ4v) is 10.4. The van der Waals surface area contributed by atoms with Crippen LogP contribution >= 0.6 is 0 Å². The summed E-state index contributed by atoms with van der Waals surface area (Å²) in [5.41, 5.74) is 19.6. The number of hydrogen-bond acceptors (Lipinski definition) is 1. The van der Waals surface area contributed by atoms with Gasteiger partial charge in [-0.15, -0.1) is 0 Å². The van der Waals surface area contributed by atoms with Gasteiger partial charge in [0.1, 0.15) is 5.75 Å². The molecular formula is C51H48O. The third-order valence-electron chi connectivity index (χ3n) is 13.5. The Morgan fingerprint density at radius 1 is 0.596 bits per heavy atom. The van der Waals surface area contributed by atoms with Crippen LogP contribution in [0.2, 0.25) is 0 Å². The summed E-state index contributed by atoms with van der Waals surface area (Å²) in [5.74, 6) is 2.96. The molecule has 0 heterocycles. The van der Waals surface area contributed by atoms with E-state index in [1.165, 1.54) is 90.8 Å². The second-order valence-corrected chi connectivity index (χ2v) is 17.1. The largest absolute Gasteiger partial charge is 0.497 e. The summed E-state index contributed by atoms with van der Waals surface area (Å²) in [6, 6.07) is 21.1. The Morgan fingerprint density at radius 2 is 1.23 bits per heavy atom. The molecular weight excluding hydrogens is 629 g/mol. The van der Waals surface area contributed by atoms with E-state index >= 15 is 0 Å². The van der Waals surface area contributed by atoms with Gasteiger partial charge in [-0.3, -0.25) is 0 Å². The maximum Gasteiger partial charge on any atom is 0.119 e. The van der Waals surface area contributed by atoms with Crippen LogP contribution in [0, 0.1) is 23.7 Å². The number of allylic oxidation sites excluding steroid dienone is 18. The third-order valence-corrected chi connectivity index (χ3v) is 13.5. The minimum Gasteiger partial charge on any atom is -0.497 e. The first-order valence-corrected chi connectivity index (χ1v) is 19.5. The molecule has 52 heavy (non-hydrogen) atoms. The van der Waals surface area contributed by atoms with Gasteiger partial charge < -0.3 is 4.74 Å². The topological polar surface area (TPSA) is 9.23 Å². The van der Waals surface area contributed by atoms with Gasteiger partial charge in [0.2, 0.25) is 0 Å². The molecule has 4 atom stereocenters. The lowest BCUT2D eigenvalue weighted by Crippen LogP contribution is -2.17. The van der Waals surface area contributed by atoms with Crippen molar-refractivity contribution in [3.63, 3.8) is 0 Å². The Kier molecular flexibility index (Phi) is 7.08. The Hall–Kier alpha value is -4.88. The van der Waals surface area contributed by atoms with Gasteiger partial charge in [-0.2, -0.15) is 0 Å². The molecule has 0 N–H and O–H groups in total. The number of fused-ring (bicyclic) bond motifs is 7. The van der Waals surface area contributed by atoms with Gasteiger partial charge in [0, 0.05) is 28.6 Å². The van der Waals surface area contributed by atoms with Crippen LogP contribution < -0.4 is 4.74 Å². The van der Waals surface area contributed by atoms with Gasteiger partial charge in [-0.05, 0) is 134 Å². The van der Waals surface area contributed by atoms with E-state index in [1.54, 1.807) is 7.11 Å². The van der Waals surface area contributed by atoms with Crippen molar-refractivity contribution in [2.45, 2.75) is 64.2 Å². The van der Waals surface area contributed by atoms with Gasteiger partial charge in [0.15, 0.2) is 0 Å². The second-order valence-electron chi connectivity index (χ2n) is 17.1. The molecule has 0 saturated carbocycles. The van der Waals surface area contributed by atoms with E-state index in [9.17, 15) is 0 Å². The Bertz CT molecular complexity index is 2350. The van der Waals surface area contributed by atoms with E-state index in [4.69, 9.17) is 4.74 Å². The number of benzene rings is 3. The highest BCUT2D eigenvalue weighted by atomic mass is 16.5. The predicted molar refractivity (Wildman–Crippen MR) is 218 cm³/mol. The smallest absolute Gasteiger partial charge is 0.119 e. The average molecular weight is 677 g/mol. The lowest BCUT2D eigenvalue weighted by atomic mass is 9.75. The van der Waals surface area contributed by atoms with Crippen molar-refractivity contribution in [2.24, 2.45) is 23.7 Å². The van der Waals surface area contributed by atoms with E-state index < -0.39 is 0 Å². The van der Waals surface area contributed by atoms with Crippen LogP contribution in [0.15, 0.2) is 144 Å². The number of hydrogen-bond donors (Lipinski definition) is 0. The first-order chi connectivity index (χ1) is 25.2. The zero-order valence-electron chi connectivity index (χ0n) is 31.2. The number of methoxy groups -OCH3 is 1. The van der Waals surface area contributed by atoms with Gasteiger partial charge in [-0.25, -0.2) is 0 Å². The molecule has 0 amide bonds. The van der Waals surface area contributed by atoms with Gasteiger partial charge >= 0.3 is 0 Å². The first-order valence-electron chi connectivity index (χ1n) is 19.5.